The van der Waals surface area contributed by atoms with Gasteiger partial charge in [0.2, 0.25) is 0 Å². The van der Waals surface area contributed by atoms with Crippen molar-refractivity contribution in [1.82, 2.24) is 0 Å². The fraction of sp³-hybridized carbons (Fsp3) is 0. The zero-order valence-corrected chi connectivity index (χ0v) is 36.2. The van der Waals surface area contributed by atoms with E-state index in [9.17, 15) is 0 Å². The van der Waals surface area contributed by atoms with Gasteiger partial charge >= 0.3 is 0 Å². The molecule has 0 aliphatic carbocycles. The van der Waals surface area contributed by atoms with E-state index in [1.165, 1.54) is 131 Å². The van der Waals surface area contributed by atoms with Crippen molar-refractivity contribution in [2.24, 2.45) is 0 Å². The summed E-state index contributed by atoms with van der Waals surface area (Å²) in [5, 5.41) is 15.1. The number of rotatable bonds is 6. The molecule has 0 bridgehead atoms. The maximum Gasteiger partial charge on any atom is -0.00264 e. The summed E-state index contributed by atoms with van der Waals surface area (Å²) in [4.78, 5) is 0. The topological polar surface area (TPSA) is 0 Å². The second-order valence-electron chi connectivity index (χ2n) is 17.5. The highest BCUT2D eigenvalue weighted by Gasteiger charge is 2.17. The molecule has 0 saturated carbocycles. The van der Waals surface area contributed by atoms with Gasteiger partial charge in [-0.15, -0.1) is 0 Å². The largest absolute Gasteiger partial charge is 0.0622 e. The molecule has 0 amide bonds. The second kappa shape index (κ2) is 15.6. The number of hydrogen-bond acceptors (Lipinski definition) is 0. The molecule has 0 heterocycles. The van der Waals surface area contributed by atoms with E-state index in [4.69, 9.17) is 0 Å². The molecule has 0 aromatic heterocycles. The Labute approximate surface area is 384 Å². The van der Waals surface area contributed by atoms with Gasteiger partial charge in [0.25, 0.3) is 0 Å². The van der Waals surface area contributed by atoms with Crippen LogP contribution in [-0.4, -0.2) is 0 Å². The molecule has 0 saturated heterocycles. The second-order valence-corrected chi connectivity index (χ2v) is 17.5. The van der Waals surface area contributed by atoms with Crippen LogP contribution in [0.15, 0.2) is 255 Å². The minimum atomic E-state index is 1.21. The molecule has 0 aliphatic rings. The maximum absolute atomic E-state index is 2.39. The first kappa shape index (κ1) is 37.9. The van der Waals surface area contributed by atoms with Crippen LogP contribution in [-0.2, 0) is 0 Å². The van der Waals surface area contributed by atoms with Crippen LogP contribution in [0.2, 0.25) is 0 Å². The van der Waals surface area contributed by atoms with Crippen LogP contribution in [0.3, 0.4) is 0 Å². The van der Waals surface area contributed by atoms with Crippen LogP contribution in [0.1, 0.15) is 0 Å². The lowest BCUT2D eigenvalue weighted by molar-refractivity contribution is 1.61. The van der Waals surface area contributed by atoms with Crippen LogP contribution >= 0.6 is 0 Å². The number of benzene rings is 13. The van der Waals surface area contributed by atoms with Gasteiger partial charge in [-0.05, 0) is 156 Å². The van der Waals surface area contributed by atoms with Gasteiger partial charge in [-0.3, -0.25) is 0 Å². The van der Waals surface area contributed by atoms with Crippen molar-refractivity contribution in [3.63, 3.8) is 0 Å². The Bertz CT molecular complexity index is 3750. The molecule has 0 N–H and O–H groups in total. The molecule has 306 valence electrons. The summed E-state index contributed by atoms with van der Waals surface area (Å²) < 4.78 is 0. The molecule has 0 atom stereocenters. The third-order valence-corrected chi connectivity index (χ3v) is 13.8. The summed E-state index contributed by atoms with van der Waals surface area (Å²) in [6.07, 6.45) is 0. The van der Waals surface area contributed by atoms with E-state index in [1.807, 2.05) is 0 Å². The molecule has 13 aromatic rings. The first-order valence-electron chi connectivity index (χ1n) is 22.9. The van der Waals surface area contributed by atoms with Crippen LogP contribution in [0.4, 0.5) is 0 Å². The van der Waals surface area contributed by atoms with Gasteiger partial charge in [0, 0.05) is 0 Å². The zero-order chi connectivity index (χ0) is 43.6. The van der Waals surface area contributed by atoms with Crippen molar-refractivity contribution in [2.45, 2.75) is 0 Å². The lowest BCUT2D eigenvalue weighted by atomic mass is 9.87. The van der Waals surface area contributed by atoms with E-state index >= 15 is 0 Å². The normalized spacial score (nSPS) is 11.6. The Morgan fingerprint density at radius 1 is 0.152 bits per heavy atom. The zero-order valence-electron chi connectivity index (χ0n) is 36.2. The molecule has 13 aromatic carbocycles. The average molecular weight is 835 g/mol. The van der Waals surface area contributed by atoms with Crippen molar-refractivity contribution in [3.05, 3.63) is 255 Å². The van der Waals surface area contributed by atoms with Crippen molar-refractivity contribution in [1.29, 1.82) is 0 Å². The number of hydrogen-bond donors (Lipinski definition) is 0. The maximum atomic E-state index is 2.39. The lowest BCUT2D eigenvalue weighted by Gasteiger charge is -2.17. The quantitative estimate of drug-likeness (QED) is 0.116. The summed E-state index contributed by atoms with van der Waals surface area (Å²) >= 11 is 0. The van der Waals surface area contributed by atoms with Gasteiger partial charge in [0.1, 0.15) is 0 Å². The van der Waals surface area contributed by atoms with Crippen molar-refractivity contribution < 1.29 is 0 Å². The smallest absolute Gasteiger partial charge is 0.00264 e. The van der Waals surface area contributed by atoms with Gasteiger partial charge in [0.05, 0.1) is 0 Å². The molecular weight excluding hydrogens is 793 g/mol. The highest BCUT2D eigenvalue weighted by Crippen LogP contribution is 2.44. The summed E-state index contributed by atoms with van der Waals surface area (Å²) in [6, 6.07) is 94.0. The molecule has 66 heavy (non-hydrogen) atoms. The van der Waals surface area contributed by atoms with E-state index in [0.717, 1.165) is 0 Å². The number of fused-ring (bicyclic) bond motifs is 8. The van der Waals surface area contributed by atoms with Gasteiger partial charge < -0.3 is 0 Å². The molecular formula is C66H42. The van der Waals surface area contributed by atoms with Crippen molar-refractivity contribution in [3.8, 4) is 66.8 Å². The molecule has 0 fully saturated rings. The Hall–Kier alpha value is -8.58. The lowest BCUT2D eigenvalue weighted by Crippen LogP contribution is -1.90. The molecule has 0 unspecified atom stereocenters. The Morgan fingerprint density at radius 3 is 0.955 bits per heavy atom. The standard InChI is InChI=1S/C66H42/c1-3-15-43(16-4-1)47-21-11-23-51(39-47)65-55-25-9-7-19-49(55)41-63-57-29-13-27-53(59(57)35-37-61(63)65)45-31-33-46(34-32-45)54-28-14-30-58-60(54)36-38-62-64(58)42-50-20-8-10-26-56(50)66(62)52-24-12-22-48(40-52)44-17-5-2-6-18-44/h1-42H. The predicted molar refractivity (Wildman–Crippen MR) is 284 cm³/mol. The minimum Gasteiger partial charge on any atom is -0.0622 e. The molecule has 0 spiro atoms. The van der Waals surface area contributed by atoms with Crippen molar-refractivity contribution in [2.75, 3.05) is 0 Å². The third-order valence-electron chi connectivity index (χ3n) is 13.8. The summed E-state index contributed by atoms with van der Waals surface area (Å²) in [5.74, 6) is 0. The van der Waals surface area contributed by atoms with Crippen molar-refractivity contribution >= 4 is 64.6 Å². The molecule has 13 rings (SSSR count). The fourth-order valence-corrected chi connectivity index (χ4v) is 10.7. The molecule has 0 heteroatoms. The summed E-state index contributed by atoms with van der Waals surface area (Å²) in [6.45, 7) is 0. The molecule has 0 aliphatic heterocycles. The summed E-state index contributed by atoms with van der Waals surface area (Å²) in [5.41, 5.74) is 14.8. The van der Waals surface area contributed by atoms with E-state index in [-0.39, 0.29) is 0 Å². The average Bonchev–Trinajstić information content (AvgIpc) is 3.39. The van der Waals surface area contributed by atoms with Crippen LogP contribution in [0.25, 0.3) is 131 Å². The first-order chi connectivity index (χ1) is 32.7. The minimum absolute atomic E-state index is 1.21. The predicted octanol–water partition coefficient (Wildman–Crippen LogP) is 18.6. The van der Waals surface area contributed by atoms with Gasteiger partial charge in [0.15, 0.2) is 0 Å². The third kappa shape index (κ3) is 6.30. The molecule has 0 nitrogen and oxygen atoms in total. The Kier molecular flexibility index (Phi) is 8.96. The van der Waals surface area contributed by atoms with E-state index in [1.54, 1.807) is 0 Å². The van der Waals surface area contributed by atoms with E-state index in [0.29, 0.717) is 0 Å². The van der Waals surface area contributed by atoms with Gasteiger partial charge in [-0.2, -0.15) is 0 Å². The Morgan fingerprint density at radius 2 is 0.500 bits per heavy atom. The van der Waals surface area contributed by atoms with Crippen LogP contribution < -0.4 is 0 Å². The fourth-order valence-electron chi connectivity index (χ4n) is 10.7. The Balaban J connectivity index is 0.914. The summed E-state index contributed by atoms with van der Waals surface area (Å²) in [7, 11) is 0. The van der Waals surface area contributed by atoms with Gasteiger partial charge in [-0.1, -0.05) is 231 Å². The van der Waals surface area contributed by atoms with E-state index < -0.39 is 0 Å². The van der Waals surface area contributed by atoms with E-state index in [2.05, 4.69) is 255 Å². The highest BCUT2D eigenvalue weighted by molar-refractivity contribution is 6.23. The van der Waals surface area contributed by atoms with Crippen LogP contribution in [0, 0.1) is 0 Å². The highest BCUT2D eigenvalue weighted by atomic mass is 14.2. The monoisotopic (exact) mass is 834 g/mol. The SMILES string of the molecule is c1ccc(-c2cccc(-c3c4ccccc4cc4c3ccc3c(-c5ccc(-c6cccc7c6ccc6c(-c8cccc(-c9ccccc9)c8)c8ccccc8cc67)cc5)cccc34)c2)cc1. The molecule has 0 radical (unpaired) electrons. The van der Waals surface area contributed by atoms with Gasteiger partial charge in [-0.25, -0.2) is 0 Å². The first-order valence-corrected chi connectivity index (χ1v) is 22.9. The van der Waals surface area contributed by atoms with Crippen LogP contribution in [0.5, 0.6) is 0 Å².